The summed E-state index contributed by atoms with van der Waals surface area (Å²) in [6.45, 7) is 0. The fourth-order valence-corrected chi connectivity index (χ4v) is 1.49. The van der Waals surface area contributed by atoms with E-state index in [4.69, 9.17) is 5.11 Å². The number of carboxylic acid groups (broad SMARTS) is 1. The molecule has 1 heterocycles. The number of amides is 1. The van der Waals surface area contributed by atoms with Gasteiger partial charge in [0.15, 0.2) is 0 Å². The first-order valence-electron chi connectivity index (χ1n) is 5.31. The molecule has 0 bridgehead atoms. The second kappa shape index (κ2) is 5.18. The van der Waals surface area contributed by atoms with Crippen molar-refractivity contribution >= 4 is 23.3 Å². The van der Waals surface area contributed by atoms with E-state index in [9.17, 15) is 19.7 Å². The van der Waals surface area contributed by atoms with Crippen molar-refractivity contribution in [1.29, 1.82) is 0 Å². The first-order chi connectivity index (χ1) is 9.49. The van der Waals surface area contributed by atoms with Gasteiger partial charge in [0.25, 0.3) is 11.6 Å². The number of rotatable bonds is 4. The van der Waals surface area contributed by atoms with E-state index in [1.807, 2.05) is 0 Å². The van der Waals surface area contributed by atoms with E-state index in [1.165, 1.54) is 12.3 Å². The maximum absolute atomic E-state index is 11.7. The third-order valence-electron chi connectivity index (χ3n) is 2.43. The van der Waals surface area contributed by atoms with Gasteiger partial charge in [-0.05, 0) is 18.2 Å². The Morgan fingerprint density at radius 3 is 2.65 bits per heavy atom. The van der Waals surface area contributed by atoms with Crippen LogP contribution in [0.3, 0.4) is 0 Å². The zero-order chi connectivity index (χ0) is 14.7. The van der Waals surface area contributed by atoms with Crippen LogP contribution in [0, 0.1) is 10.1 Å². The van der Waals surface area contributed by atoms with Gasteiger partial charge in [-0.3, -0.25) is 20.0 Å². The fraction of sp³-hybridized carbons (Fsp3) is 0. The zero-order valence-electron chi connectivity index (χ0n) is 9.86. The van der Waals surface area contributed by atoms with Crippen LogP contribution in [0.5, 0.6) is 0 Å². The third-order valence-corrected chi connectivity index (χ3v) is 2.43. The molecule has 0 aliphatic rings. The molecule has 0 fully saturated rings. The van der Waals surface area contributed by atoms with Crippen LogP contribution < -0.4 is 5.32 Å². The van der Waals surface area contributed by atoms with E-state index in [0.717, 1.165) is 18.2 Å². The lowest BCUT2D eigenvalue weighted by molar-refractivity contribution is -0.383. The SMILES string of the molecule is O=C(O)c1ccc(NC(=O)c2ccn[nH]2)c([N+](=O)[O-])c1. The van der Waals surface area contributed by atoms with Crippen LogP contribution in [-0.4, -0.2) is 32.1 Å². The van der Waals surface area contributed by atoms with Crippen LogP contribution >= 0.6 is 0 Å². The molecule has 0 radical (unpaired) electrons. The Hall–Kier alpha value is -3.23. The van der Waals surface area contributed by atoms with Crippen molar-refractivity contribution in [3.8, 4) is 0 Å². The van der Waals surface area contributed by atoms with Gasteiger partial charge >= 0.3 is 5.97 Å². The van der Waals surface area contributed by atoms with Gasteiger partial charge < -0.3 is 10.4 Å². The van der Waals surface area contributed by atoms with Gasteiger partial charge in [-0.1, -0.05) is 0 Å². The molecular weight excluding hydrogens is 268 g/mol. The van der Waals surface area contributed by atoms with Crippen molar-refractivity contribution in [1.82, 2.24) is 10.2 Å². The Morgan fingerprint density at radius 2 is 2.10 bits per heavy atom. The molecule has 1 aromatic heterocycles. The van der Waals surface area contributed by atoms with Crippen molar-refractivity contribution in [2.45, 2.75) is 0 Å². The molecule has 0 atom stereocenters. The second-order valence-electron chi connectivity index (χ2n) is 3.72. The van der Waals surface area contributed by atoms with Gasteiger partial charge in [0.2, 0.25) is 0 Å². The number of aromatic carboxylic acids is 1. The normalized spacial score (nSPS) is 10.0. The molecular formula is C11H8N4O5. The summed E-state index contributed by atoms with van der Waals surface area (Å²) < 4.78 is 0. The van der Waals surface area contributed by atoms with E-state index in [2.05, 4.69) is 15.5 Å². The summed E-state index contributed by atoms with van der Waals surface area (Å²) in [6.07, 6.45) is 1.36. The quantitative estimate of drug-likeness (QED) is 0.567. The maximum atomic E-state index is 11.7. The Kier molecular flexibility index (Phi) is 3.42. The van der Waals surface area contributed by atoms with Crippen LogP contribution in [0.1, 0.15) is 20.8 Å². The number of nitro benzene ring substituents is 1. The Bertz CT molecular complexity index is 680. The van der Waals surface area contributed by atoms with Crippen molar-refractivity contribution in [3.05, 3.63) is 51.8 Å². The lowest BCUT2D eigenvalue weighted by Crippen LogP contribution is -2.14. The standard InChI is InChI=1S/C11H8N4O5/c16-10(8-3-4-12-14-8)13-7-2-1-6(11(17)18)5-9(7)15(19)20/h1-5H,(H,12,14)(H,13,16)(H,17,18). The molecule has 3 N–H and O–H groups in total. The van der Waals surface area contributed by atoms with E-state index in [1.54, 1.807) is 0 Å². The lowest BCUT2D eigenvalue weighted by atomic mass is 10.1. The average Bonchev–Trinajstić information content (AvgIpc) is 2.92. The number of aromatic amines is 1. The van der Waals surface area contributed by atoms with Crippen molar-refractivity contribution in [3.63, 3.8) is 0 Å². The summed E-state index contributed by atoms with van der Waals surface area (Å²) in [5.41, 5.74) is -0.713. The predicted molar refractivity (Wildman–Crippen MR) is 66.6 cm³/mol. The number of nitrogens with one attached hydrogen (secondary N) is 2. The zero-order valence-corrected chi connectivity index (χ0v) is 9.86. The minimum atomic E-state index is -1.29. The van der Waals surface area contributed by atoms with Gasteiger partial charge in [-0.2, -0.15) is 5.10 Å². The summed E-state index contributed by atoms with van der Waals surface area (Å²) >= 11 is 0. The first kappa shape index (κ1) is 13.2. The average molecular weight is 276 g/mol. The van der Waals surface area contributed by atoms with Crippen LogP contribution in [0.25, 0.3) is 0 Å². The van der Waals surface area contributed by atoms with Crippen molar-refractivity contribution < 1.29 is 19.6 Å². The molecule has 9 nitrogen and oxygen atoms in total. The number of hydrogen-bond acceptors (Lipinski definition) is 5. The van der Waals surface area contributed by atoms with E-state index in [0.29, 0.717) is 0 Å². The molecule has 0 saturated heterocycles. The number of nitrogens with zero attached hydrogens (tertiary/aromatic N) is 2. The molecule has 9 heteroatoms. The molecule has 2 rings (SSSR count). The number of carbonyl (C=O) groups is 2. The second-order valence-corrected chi connectivity index (χ2v) is 3.72. The molecule has 0 saturated carbocycles. The monoisotopic (exact) mass is 276 g/mol. The van der Waals surface area contributed by atoms with Gasteiger partial charge in [0.1, 0.15) is 11.4 Å². The number of carboxylic acids is 1. The largest absolute Gasteiger partial charge is 0.478 e. The minimum absolute atomic E-state index is 0.0976. The molecule has 102 valence electrons. The van der Waals surface area contributed by atoms with Crippen molar-refractivity contribution in [2.75, 3.05) is 5.32 Å². The minimum Gasteiger partial charge on any atom is -0.478 e. The summed E-state index contributed by atoms with van der Waals surface area (Å²) in [5.74, 6) is -1.91. The summed E-state index contributed by atoms with van der Waals surface area (Å²) in [6, 6.07) is 4.60. The summed E-state index contributed by atoms with van der Waals surface area (Å²) in [4.78, 5) is 32.7. The fourth-order valence-electron chi connectivity index (χ4n) is 1.49. The lowest BCUT2D eigenvalue weighted by Gasteiger charge is -2.05. The van der Waals surface area contributed by atoms with Crippen LogP contribution in [0.15, 0.2) is 30.5 Å². The first-order valence-corrected chi connectivity index (χ1v) is 5.31. The molecule has 1 amide bonds. The molecule has 1 aromatic carbocycles. The number of anilines is 1. The topological polar surface area (TPSA) is 138 Å². The number of benzene rings is 1. The number of aromatic nitrogens is 2. The molecule has 0 spiro atoms. The third kappa shape index (κ3) is 2.61. The number of nitro groups is 1. The summed E-state index contributed by atoms with van der Waals surface area (Å²) in [7, 11) is 0. The van der Waals surface area contributed by atoms with E-state index >= 15 is 0 Å². The highest BCUT2D eigenvalue weighted by atomic mass is 16.6. The molecule has 20 heavy (non-hydrogen) atoms. The Labute approximate surface area is 111 Å². The van der Waals surface area contributed by atoms with Crippen LogP contribution in [0.2, 0.25) is 0 Å². The molecule has 0 unspecified atom stereocenters. The smallest absolute Gasteiger partial charge is 0.335 e. The van der Waals surface area contributed by atoms with E-state index < -0.39 is 22.5 Å². The Morgan fingerprint density at radius 1 is 1.35 bits per heavy atom. The number of H-pyrrole nitrogens is 1. The number of carbonyl (C=O) groups excluding carboxylic acids is 1. The van der Waals surface area contributed by atoms with Gasteiger partial charge in [-0.15, -0.1) is 0 Å². The highest BCUT2D eigenvalue weighted by Crippen LogP contribution is 2.26. The van der Waals surface area contributed by atoms with Crippen LogP contribution in [-0.2, 0) is 0 Å². The van der Waals surface area contributed by atoms with Crippen LogP contribution in [0.4, 0.5) is 11.4 Å². The molecule has 0 aliphatic carbocycles. The van der Waals surface area contributed by atoms with Gasteiger partial charge in [-0.25, -0.2) is 4.79 Å². The van der Waals surface area contributed by atoms with Gasteiger partial charge in [0, 0.05) is 12.3 Å². The highest BCUT2D eigenvalue weighted by Gasteiger charge is 2.19. The summed E-state index contributed by atoms with van der Waals surface area (Å²) in [5, 5.41) is 28.0. The van der Waals surface area contributed by atoms with E-state index in [-0.39, 0.29) is 16.9 Å². The predicted octanol–water partition coefficient (Wildman–Crippen LogP) is 1.27. The Balaban J connectivity index is 2.34. The molecule has 0 aliphatic heterocycles. The maximum Gasteiger partial charge on any atom is 0.335 e. The van der Waals surface area contributed by atoms with Crippen molar-refractivity contribution in [2.24, 2.45) is 0 Å². The number of hydrogen-bond donors (Lipinski definition) is 3. The molecule has 2 aromatic rings. The van der Waals surface area contributed by atoms with Gasteiger partial charge in [0.05, 0.1) is 10.5 Å². The highest BCUT2D eigenvalue weighted by molar-refractivity contribution is 6.04.